The van der Waals surface area contributed by atoms with E-state index in [9.17, 15) is 4.79 Å². The van der Waals surface area contributed by atoms with Crippen molar-refractivity contribution < 1.29 is 9.53 Å². The number of piperidine rings is 1. The number of ether oxygens (including phenoxy) is 1. The summed E-state index contributed by atoms with van der Waals surface area (Å²) in [5.74, 6) is 1.70. The normalized spacial score (nSPS) is 18.5. The molecule has 1 amide bonds. The molecule has 0 radical (unpaired) electrons. The fourth-order valence-electron chi connectivity index (χ4n) is 3.20. The van der Waals surface area contributed by atoms with Gasteiger partial charge in [0.15, 0.2) is 0 Å². The summed E-state index contributed by atoms with van der Waals surface area (Å²) < 4.78 is 5.73. The number of likely N-dealkylation sites (tertiary alicyclic amines) is 1. The van der Waals surface area contributed by atoms with Crippen molar-refractivity contribution in [2.75, 3.05) is 33.3 Å². The van der Waals surface area contributed by atoms with Gasteiger partial charge in [-0.05, 0) is 57.9 Å². The zero-order chi connectivity index (χ0) is 17.5. The zero-order valence-electron chi connectivity index (χ0n) is 15.0. The number of rotatable bonds is 8. The van der Waals surface area contributed by atoms with E-state index in [1.807, 2.05) is 29.2 Å². The average Bonchev–Trinajstić information content (AvgIpc) is 2.53. The standard InChI is InChI=1S/C19H29ClN2O2/c1-15(2)22-14-16(8-9-19(22)23)13-21(3)10-5-11-24-18-7-4-6-17(20)12-18/h4,6-7,12,15-16H,5,8-11,13-14H2,1-3H3. The second-order valence-electron chi connectivity index (χ2n) is 6.97. The number of benzene rings is 1. The molecule has 0 saturated carbocycles. The van der Waals surface area contributed by atoms with Crippen LogP contribution in [0.3, 0.4) is 0 Å². The van der Waals surface area contributed by atoms with Crippen LogP contribution in [0.5, 0.6) is 5.75 Å². The molecule has 1 unspecified atom stereocenters. The van der Waals surface area contributed by atoms with Crippen LogP contribution in [0.15, 0.2) is 24.3 Å². The number of hydrogen-bond donors (Lipinski definition) is 0. The van der Waals surface area contributed by atoms with Gasteiger partial charge in [-0.25, -0.2) is 0 Å². The fourth-order valence-corrected chi connectivity index (χ4v) is 3.38. The van der Waals surface area contributed by atoms with Crippen LogP contribution in [0.2, 0.25) is 5.02 Å². The lowest BCUT2D eigenvalue weighted by molar-refractivity contribution is -0.136. The van der Waals surface area contributed by atoms with Gasteiger partial charge in [-0.2, -0.15) is 0 Å². The summed E-state index contributed by atoms with van der Waals surface area (Å²) in [6, 6.07) is 7.81. The van der Waals surface area contributed by atoms with Gasteiger partial charge in [0, 0.05) is 37.1 Å². The molecule has 134 valence electrons. The van der Waals surface area contributed by atoms with Gasteiger partial charge < -0.3 is 14.5 Å². The van der Waals surface area contributed by atoms with Crippen LogP contribution in [0.1, 0.15) is 33.1 Å². The molecule has 5 heteroatoms. The number of carbonyl (C=O) groups is 1. The molecule has 1 aliphatic heterocycles. The van der Waals surface area contributed by atoms with E-state index >= 15 is 0 Å². The smallest absolute Gasteiger partial charge is 0.222 e. The molecule has 0 aromatic heterocycles. The van der Waals surface area contributed by atoms with E-state index in [1.54, 1.807) is 0 Å². The van der Waals surface area contributed by atoms with Crippen molar-refractivity contribution in [2.45, 2.75) is 39.2 Å². The third-order valence-corrected chi connectivity index (χ3v) is 4.72. The summed E-state index contributed by atoms with van der Waals surface area (Å²) >= 11 is 5.94. The first-order chi connectivity index (χ1) is 11.5. The molecular formula is C19H29ClN2O2. The topological polar surface area (TPSA) is 32.8 Å². The number of halogens is 1. The first kappa shape index (κ1) is 19.1. The van der Waals surface area contributed by atoms with Gasteiger partial charge >= 0.3 is 0 Å². The molecule has 1 aromatic rings. The first-order valence-corrected chi connectivity index (χ1v) is 9.20. The largest absolute Gasteiger partial charge is 0.493 e. The van der Waals surface area contributed by atoms with Crippen molar-refractivity contribution >= 4 is 17.5 Å². The number of carbonyl (C=O) groups excluding carboxylic acids is 1. The average molecular weight is 353 g/mol. The summed E-state index contributed by atoms with van der Waals surface area (Å²) in [4.78, 5) is 16.3. The minimum Gasteiger partial charge on any atom is -0.493 e. The highest BCUT2D eigenvalue weighted by molar-refractivity contribution is 6.30. The quantitative estimate of drug-likeness (QED) is 0.669. The summed E-state index contributed by atoms with van der Waals surface area (Å²) in [5, 5.41) is 0.700. The second kappa shape index (κ2) is 9.28. The minimum atomic E-state index is 0.303. The Bertz CT molecular complexity index is 536. The van der Waals surface area contributed by atoms with Crippen LogP contribution >= 0.6 is 11.6 Å². The molecule has 0 spiro atoms. The van der Waals surface area contributed by atoms with E-state index in [2.05, 4.69) is 25.8 Å². The molecular weight excluding hydrogens is 324 g/mol. The summed E-state index contributed by atoms with van der Waals surface area (Å²) in [7, 11) is 2.15. The van der Waals surface area contributed by atoms with Crippen molar-refractivity contribution in [1.82, 2.24) is 9.80 Å². The predicted molar refractivity (Wildman–Crippen MR) is 98.6 cm³/mol. The molecule has 1 aliphatic rings. The van der Waals surface area contributed by atoms with Gasteiger partial charge in [0.25, 0.3) is 0 Å². The van der Waals surface area contributed by atoms with E-state index in [1.165, 1.54) is 0 Å². The van der Waals surface area contributed by atoms with E-state index in [4.69, 9.17) is 16.3 Å². The van der Waals surface area contributed by atoms with Gasteiger partial charge in [0.1, 0.15) is 5.75 Å². The molecule has 0 bridgehead atoms. The Labute approximate surface area is 150 Å². The third kappa shape index (κ3) is 5.99. The summed E-state index contributed by atoms with van der Waals surface area (Å²) in [6.45, 7) is 7.79. The maximum atomic E-state index is 11.9. The van der Waals surface area contributed by atoms with E-state index in [-0.39, 0.29) is 0 Å². The Morgan fingerprint density at radius 2 is 2.21 bits per heavy atom. The maximum absolute atomic E-state index is 11.9. The summed E-state index contributed by atoms with van der Waals surface area (Å²) in [6.07, 6.45) is 2.67. The Hall–Kier alpha value is -1.26. The molecule has 2 rings (SSSR count). The maximum Gasteiger partial charge on any atom is 0.222 e. The lowest BCUT2D eigenvalue weighted by Gasteiger charge is -2.37. The second-order valence-corrected chi connectivity index (χ2v) is 7.40. The van der Waals surface area contributed by atoms with Crippen LogP contribution in [0.25, 0.3) is 0 Å². The molecule has 4 nitrogen and oxygen atoms in total. The van der Waals surface area contributed by atoms with Crippen LogP contribution in [0.4, 0.5) is 0 Å². The number of hydrogen-bond acceptors (Lipinski definition) is 3. The molecule has 1 heterocycles. The van der Waals surface area contributed by atoms with Gasteiger partial charge in [0.2, 0.25) is 5.91 Å². The van der Waals surface area contributed by atoms with Gasteiger partial charge in [-0.3, -0.25) is 4.79 Å². The summed E-state index contributed by atoms with van der Waals surface area (Å²) in [5.41, 5.74) is 0. The van der Waals surface area contributed by atoms with Crippen LogP contribution < -0.4 is 4.74 Å². The van der Waals surface area contributed by atoms with Crippen molar-refractivity contribution in [1.29, 1.82) is 0 Å². The number of nitrogens with zero attached hydrogens (tertiary/aromatic N) is 2. The van der Waals surface area contributed by atoms with Crippen molar-refractivity contribution in [3.8, 4) is 5.75 Å². The van der Waals surface area contributed by atoms with Crippen LogP contribution in [-0.4, -0.2) is 55.0 Å². The first-order valence-electron chi connectivity index (χ1n) is 8.82. The Balaban J connectivity index is 1.66. The zero-order valence-corrected chi connectivity index (χ0v) is 15.8. The van der Waals surface area contributed by atoms with Gasteiger partial charge in [-0.1, -0.05) is 17.7 Å². The van der Waals surface area contributed by atoms with E-state index in [0.717, 1.165) is 38.2 Å². The van der Waals surface area contributed by atoms with Crippen LogP contribution in [-0.2, 0) is 4.79 Å². The SMILES string of the molecule is CC(C)N1CC(CN(C)CCCOc2cccc(Cl)c2)CCC1=O. The van der Waals surface area contributed by atoms with E-state index < -0.39 is 0 Å². The monoisotopic (exact) mass is 352 g/mol. The van der Waals surface area contributed by atoms with Crippen molar-refractivity contribution in [2.24, 2.45) is 5.92 Å². The Kier molecular flexibility index (Phi) is 7.38. The van der Waals surface area contributed by atoms with Gasteiger partial charge in [-0.15, -0.1) is 0 Å². The lowest BCUT2D eigenvalue weighted by Crippen LogP contribution is -2.46. The number of amides is 1. The molecule has 1 saturated heterocycles. The molecule has 1 fully saturated rings. The van der Waals surface area contributed by atoms with E-state index in [0.29, 0.717) is 35.9 Å². The molecule has 0 aliphatic carbocycles. The third-order valence-electron chi connectivity index (χ3n) is 4.48. The lowest BCUT2D eigenvalue weighted by atomic mass is 9.96. The fraction of sp³-hybridized carbons (Fsp3) is 0.632. The highest BCUT2D eigenvalue weighted by atomic mass is 35.5. The highest BCUT2D eigenvalue weighted by Gasteiger charge is 2.27. The minimum absolute atomic E-state index is 0.303. The Morgan fingerprint density at radius 1 is 1.42 bits per heavy atom. The predicted octanol–water partition coefficient (Wildman–Crippen LogP) is 3.69. The van der Waals surface area contributed by atoms with Crippen LogP contribution in [0, 0.1) is 5.92 Å². The van der Waals surface area contributed by atoms with Crippen molar-refractivity contribution in [3.05, 3.63) is 29.3 Å². The highest BCUT2D eigenvalue weighted by Crippen LogP contribution is 2.20. The molecule has 0 N–H and O–H groups in total. The Morgan fingerprint density at radius 3 is 2.92 bits per heavy atom. The van der Waals surface area contributed by atoms with Crippen molar-refractivity contribution in [3.63, 3.8) is 0 Å². The molecule has 1 aromatic carbocycles. The molecule has 1 atom stereocenters. The van der Waals surface area contributed by atoms with Gasteiger partial charge in [0.05, 0.1) is 6.61 Å². The molecule has 24 heavy (non-hydrogen) atoms.